The molecule has 0 unspecified atom stereocenters. The largest absolute Gasteiger partial charge is 0.326 e. The first-order valence-electron chi connectivity index (χ1n) is 6.44. The summed E-state index contributed by atoms with van der Waals surface area (Å²) >= 11 is 0. The van der Waals surface area contributed by atoms with Crippen LogP contribution in [0, 0.1) is 12.7 Å². The Labute approximate surface area is 128 Å². The Bertz CT molecular complexity index is 819. The van der Waals surface area contributed by atoms with Crippen LogP contribution in [0.1, 0.15) is 11.1 Å². The molecule has 0 heterocycles. The van der Waals surface area contributed by atoms with Gasteiger partial charge in [0.2, 0.25) is 15.9 Å². The Morgan fingerprint density at radius 1 is 1.23 bits per heavy atom. The molecule has 2 rings (SSSR count). The van der Waals surface area contributed by atoms with E-state index in [1.165, 1.54) is 24.3 Å². The molecule has 0 atom stereocenters. The number of hydrogen-bond donors (Lipinski definition) is 2. The Balaban J connectivity index is 2.18. The summed E-state index contributed by atoms with van der Waals surface area (Å²) in [5.74, 6) is -0.916. The Morgan fingerprint density at radius 3 is 2.55 bits per heavy atom. The smallest absolute Gasteiger partial charge is 0.238 e. The highest BCUT2D eigenvalue weighted by molar-refractivity contribution is 7.89. The molecule has 0 bridgehead atoms. The molecule has 2 aromatic rings. The molecule has 22 heavy (non-hydrogen) atoms. The molecular weight excluding hydrogens is 307 g/mol. The van der Waals surface area contributed by atoms with Gasteiger partial charge in [0.15, 0.2) is 0 Å². The van der Waals surface area contributed by atoms with Crippen LogP contribution in [0.15, 0.2) is 47.4 Å². The molecule has 3 N–H and O–H groups in total. The number of nitrogens with one attached hydrogen (secondary N) is 1. The van der Waals surface area contributed by atoms with Gasteiger partial charge in [-0.3, -0.25) is 4.79 Å². The molecule has 0 aromatic heterocycles. The molecular formula is C15H15FN2O3S. The van der Waals surface area contributed by atoms with Gasteiger partial charge in [0.25, 0.3) is 0 Å². The van der Waals surface area contributed by atoms with Gasteiger partial charge < -0.3 is 5.32 Å². The van der Waals surface area contributed by atoms with E-state index in [9.17, 15) is 17.6 Å². The van der Waals surface area contributed by atoms with E-state index in [1.54, 1.807) is 25.1 Å². The molecule has 0 aliphatic carbocycles. The van der Waals surface area contributed by atoms with E-state index in [0.29, 0.717) is 5.56 Å². The molecule has 2 aromatic carbocycles. The minimum absolute atomic E-state index is 0.0591. The molecule has 0 aliphatic heterocycles. The molecule has 0 radical (unpaired) electrons. The van der Waals surface area contributed by atoms with Crippen molar-refractivity contribution in [3.05, 3.63) is 59.4 Å². The number of halogens is 1. The predicted octanol–water partition coefficient (Wildman–Crippen LogP) is 1.96. The van der Waals surface area contributed by atoms with Gasteiger partial charge in [0, 0.05) is 5.69 Å². The first-order valence-corrected chi connectivity index (χ1v) is 7.99. The van der Waals surface area contributed by atoms with Crippen molar-refractivity contribution in [3.8, 4) is 0 Å². The standard InChI is InChI=1S/C15H15FN2O3S/c1-10-6-7-12(9-14(10)22(17,20)21)18-15(19)8-11-4-2-3-5-13(11)16/h2-7,9H,8H2,1H3,(H,18,19)(H2,17,20,21). The number of hydrogen-bond acceptors (Lipinski definition) is 3. The van der Waals surface area contributed by atoms with Gasteiger partial charge in [-0.1, -0.05) is 24.3 Å². The number of nitrogens with two attached hydrogens (primary N) is 1. The summed E-state index contributed by atoms with van der Waals surface area (Å²) in [6.45, 7) is 1.60. The van der Waals surface area contributed by atoms with Gasteiger partial charge in [-0.15, -0.1) is 0 Å². The third kappa shape index (κ3) is 3.90. The van der Waals surface area contributed by atoms with Crippen LogP contribution in [0.2, 0.25) is 0 Å². The molecule has 7 heteroatoms. The molecule has 0 saturated carbocycles. The molecule has 0 aliphatic rings. The normalized spacial score (nSPS) is 11.2. The zero-order valence-corrected chi connectivity index (χ0v) is 12.7. The maximum absolute atomic E-state index is 13.5. The van der Waals surface area contributed by atoms with Crippen LogP contribution in [0.5, 0.6) is 0 Å². The Hall–Kier alpha value is -2.25. The fraction of sp³-hybridized carbons (Fsp3) is 0.133. The lowest BCUT2D eigenvalue weighted by Crippen LogP contribution is -2.17. The van der Waals surface area contributed by atoms with Gasteiger partial charge in [-0.05, 0) is 36.2 Å². The van der Waals surface area contributed by atoms with Crippen LogP contribution in [-0.2, 0) is 21.2 Å². The number of rotatable bonds is 4. The van der Waals surface area contributed by atoms with Gasteiger partial charge >= 0.3 is 0 Å². The number of amides is 1. The number of primary sulfonamides is 1. The highest BCUT2D eigenvalue weighted by Crippen LogP contribution is 2.19. The van der Waals surface area contributed by atoms with Crippen molar-refractivity contribution in [1.29, 1.82) is 0 Å². The van der Waals surface area contributed by atoms with Crippen molar-refractivity contribution in [3.63, 3.8) is 0 Å². The number of sulfonamides is 1. The maximum atomic E-state index is 13.5. The predicted molar refractivity (Wildman–Crippen MR) is 81.3 cm³/mol. The zero-order valence-electron chi connectivity index (χ0n) is 11.8. The van der Waals surface area contributed by atoms with E-state index in [1.807, 2.05) is 0 Å². The van der Waals surface area contributed by atoms with Crippen LogP contribution in [-0.4, -0.2) is 14.3 Å². The second kappa shape index (κ2) is 6.25. The topological polar surface area (TPSA) is 89.3 Å². The second-order valence-corrected chi connectivity index (χ2v) is 6.37. The molecule has 5 nitrogen and oxygen atoms in total. The second-order valence-electron chi connectivity index (χ2n) is 4.84. The fourth-order valence-electron chi connectivity index (χ4n) is 2.00. The number of benzene rings is 2. The summed E-state index contributed by atoms with van der Waals surface area (Å²) in [5.41, 5.74) is 1.03. The minimum Gasteiger partial charge on any atom is -0.326 e. The van der Waals surface area contributed by atoms with Gasteiger partial charge in [0.05, 0.1) is 11.3 Å². The molecule has 0 spiro atoms. The molecule has 0 fully saturated rings. The van der Waals surface area contributed by atoms with E-state index in [4.69, 9.17) is 5.14 Å². The van der Waals surface area contributed by atoms with Crippen LogP contribution in [0.4, 0.5) is 10.1 Å². The number of aryl methyl sites for hydroxylation is 1. The van der Waals surface area contributed by atoms with E-state index in [0.717, 1.165) is 0 Å². The van der Waals surface area contributed by atoms with E-state index in [2.05, 4.69) is 5.32 Å². The van der Waals surface area contributed by atoms with E-state index in [-0.39, 0.29) is 22.6 Å². The number of carbonyl (C=O) groups excluding carboxylic acids is 1. The van der Waals surface area contributed by atoms with Crippen molar-refractivity contribution in [2.75, 3.05) is 5.32 Å². The molecule has 0 saturated heterocycles. The monoisotopic (exact) mass is 322 g/mol. The summed E-state index contributed by atoms with van der Waals surface area (Å²) in [6.07, 6.45) is -0.148. The number of carbonyl (C=O) groups is 1. The van der Waals surface area contributed by atoms with Crippen LogP contribution < -0.4 is 10.5 Å². The van der Waals surface area contributed by atoms with Crippen molar-refractivity contribution >= 4 is 21.6 Å². The summed E-state index contributed by atoms with van der Waals surface area (Å²) in [4.78, 5) is 11.9. The van der Waals surface area contributed by atoms with E-state index < -0.39 is 21.7 Å². The molecule has 1 amide bonds. The third-order valence-electron chi connectivity index (χ3n) is 3.09. The highest BCUT2D eigenvalue weighted by Gasteiger charge is 2.14. The van der Waals surface area contributed by atoms with Crippen molar-refractivity contribution in [1.82, 2.24) is 0 Å². The third-order valence-corrected chi connectivity index (χ3v) is 4.14. The van der Waals surface area contributed by atoms with Crippen molar-refractivity contribution in [2.45, 2.75) is 18.2 Å². The zero-order chi connectivity index (χ0) is 16.3. The number of anilines is 1. The summed E-state index contributed by atoms with van der Waals surface area (Å²) in [6, 6.07) is 10.3. The summed E-state index contributed by atoms with van der Waals surface area (Å²) in [7, 11) is -3.87. The van der Waals surface area contributed by atoms with Crippen molar-refractivity contribution in [2.24, 2.45) is 5.14 Å². The lowest BCUT2D eigenvalue weighted by molar-refractivity contribution is -0.115. The minimum atomic E-state index is -3.87. The quantitative estimate of drug-likeness (QED) is 0.902. The van der Waals surface area contributed by atoms with E-state index >= 15 is 0 Å². The highest BCUT2D eigenvalue weighted by atomic mass is 32.2. The first-order chi connectivity index (χ1) is 10.3. The molecule has 116 valence electrons. The van der Waals surface area contributed by atoms with Crippen molar-refractivity contribution < 1.29 is 17.6 Å². The van der Waals surface area contributed by atoms with Gasteiger partial charge in [-0.2, -0.15) is 0 Å². The van der Waals surface area contributed by atoms with Gasteiger partial charge in [-0.25, -0.2) is 17.9 Å². The SMILES string of the molecule is Cc1ccc(NC(=O)Cc2ccccc2F)cc1S(N)(=O)=O. The Kier molecular flexibility index (Phi) is 4.58. The first kappa shape index (κ1) is 16.1. The van der Waals surface area contributed by atoms with Gasteiger partial charge in [0.1, 0.15) is 5.82 Å². The van der Waals surface area contributed by atoms with Crippen LogP contribution >= 0.6 is 0 Å². The van der Waals surface area contributed by atoms with Crippen LogP contribution in [0.25, 0.3) is 0 Å². The fourth-order valence-corrected chi connectivity index (χ4v) is 2.81. The Morgan fingerprint density at radius 2 is 1.91 bits per heavy atom. The lowest BCUT2D eigenvalue weighted by atomic mass is 10.1. The summed E-state index contributed by atoms with van der Waals surface area (Å²) in [5, 5.41) is 7.64. The lowest BCUT2D eigenvalue weighted by Gasteiger charge is -2.09. The maximum Gasteiger partial charge on any atom is 0.238 e. The average molecular weight is 322 g/mol. The summed E-state index contributed by atoms with van der Waals surface area (Å²) < 4.78 is 36.4. The average Bonchev–Trinajstić information content (AvgIpc) is 2.42. The van der Waals surface area contributed by atoms with Crippen LogP contribution in [0.3, 0.4) is 0 Å².